The number of hydrogen-bond acceptors (Lipinski definition) is 2. The van der Waals surface area contributed by atoms with Gasteiger partial charge in [0.1, 0.15) is 5.76 Å². The molecule has 0 spiro atoms. The maximum absolute atomic E-state index is 5.42. The second kappa shape index (κ2) is 6.48. The molecule has 3 rings (SSSR count). The first-order valence-electron chi connectivity index (χ1n) is 8.11. The van der Waals surface area contributed by atoms with Crippen LogP contribution < -0.4 is 5.32 Å². The fourth-order valence-corrected chi connectivity index (χ4v) is 3.42. The van der Waals surface area contributed by atoms with E-state index in [-0.39, 0.29) is 0 Å². The van der Waals surface area contributed by atoms with Gasteiger partial charge in [0.05, 0.1) is 6.26 Å². The molecule has 0 radical (unpaired) electrons. The quantitative estimate of drug-likeness (QED) is 0.850. The van der Waals surface area contributed by atoms with Crippen LogP contribution in [-0.2, 0) is 6.42 Å². The van der Waals surface area contributed by atoms with Crippen molar-refractivity contribution in [2.45, 2.75) is 57.5 Å². The van der Waals surface area contributed by atoms with Crippen LogP contribution >= 0.6 is 0 Å². The highest BCUT2D eigenvalue weighted by Gasteiger charge is 2.25. The molecule has 112 valence electrons. The summed E-state index contributed by atoms with van der Waals surface area (Å²) < 4.78 is 5.42. The van der Waals surface area contributed by atoms with Crippen molar-refractivity contribution in [3.8, 4) is 0 Å². The number of furan rings is 1. The summed E-state index contributed by atoms with van der Waals surface area (Å²) in [6, 6.07) is 13.9. The van der Waals surface area contributed by atoms with E-state index < -0.39 is 0 Å². The van der Waals surface area contributed by atoms with Crippen molar-refractivity contribution in [3.63, 3.8) is 0 Å². The van der Waals surface area contributed by atoms with E-state index in [2.05, 4.69) is 49.5 Å². The predicted octanol–water partition coefficient (Wildman–Crippen LogP) is 4.83. The zero-order chi connectivity index (χ0) is 14.7. The molecular weight excluding hydrogens is 258 g/mol. The Kier molecular flexibility index (Phi) is 4.45. The minimum atomic E-state index is 0.501. The molecule has 1 aliphatic carbocycles. The molecule has 1 N–H and O–H groups in total. The summed E-state index contributed by atoms with van der Waals surface area (Å²) in [4.78, 5) is 0. The number of rotatable bonds is 5. The first-order chi connectivity index (χ1) is 10.2. The van der Waals surface area contributed by atoms with Crippen molar-refractivity contribution in [1.82, 2.24) is 5.32 Å². The van der Waals surface area contributed by atoms with Crippen LogP contribution in [0.1, 0.15) is 62.0 Å². The van der Waals surface area contributed by atoms with Crippen molar-refractivity contribution in [2.24, 2.45) is 0 Å². The molecule has 0 fully saturated rings. The van der Waals surface area contributed by atoms with Gasteiger partial charge in [-0.3, -0.25) is 0 Å². The van der Waals surface area contributed by atoms with E-state index in [4.69, 9.17) is 4.42 Å². The van der Waals surface area contributed by atoms with Crippen LogP contribution in [0.3, 0.4) is 0 Å². The Morgan fingerprint density at radius 1 is 1.14 bits per heavy atom. The monoisotopic (exact) mass is 283 g/mol. The molecule has 3 unspecified atom stereocenters. The van der Waals surface area contributed by atoms with E-state index in [9.17, 15) is 0 Å². The topological polar surface area (TPSA) is 25.2 Å². The van der Waals surface area contributed by atoms with Gasteiger partial charge in [0.2, 0.25) is 0 Å². The Balaban J connectivity index is 1.61. The molecule has 1 aliphatic rings. The van der Waals surface area contributed by atoms with Gasteiger partial charge in [-0.2, -0.15) is 0 Å². The van der Waals surface area contributed by atoms with Gasteiger partial charge in [-0.05, 0) is 55.4 Å². The molecule has 0 bridgehead atoms. The lowest BCUT2D eigenvalue weighted by Crippen LogP contribution is -2.33. The van der Waals surface area contributed by atoms with E-state index in [0.29, 0.717) is 18.0 Å². The highest BCUT2D eigenvalue weighted by Crippen LogP contribution is 2.37. The summed E-state index contributed by atoms with van der Waals surface area (Å²) in [6.45, 7) is 4.62. The lowest BCUT2D eigenvalue weighted by Gasteiger charge is -2.32. The fourth-order valence-electron chi connectivity index (χ4n) is 3.42. The van der Waals surface area contributed by atoms with E-state index in [1.165, 1.54) is 24.0 Å². The third-order valence-electron chi connectivity index (χ3n) is 4.68. The van der Waals surface area contributed by atoms with E-state index in [1.54, 1.807) is 6.26 Å². The normalized spacial score (nSPS) is 22.8. The number of fused-ring (bicyclic) bond motifs is 1. The summed E-state index contributed by atoms with van der Waals surface area (Å²) >= 11 is 0. The average Bonchev–Trinajstić information content (AvgIpc) is 3.02. The molecule has 1 aromatic carbocycles. The maximum atomic E-state index is 5.42. The predicted molar refractivity (Wildman–Crippen MR) is 86.5 cm³/mol. The first-order valence-corrected chi connectivity index (χ1v) is 8.11. The van der Waals surface area contributed by atoms with Gasteiger partial charge in [0.25, 0.3) is 0 Å². The molecule has 3 atom stereocenters. The van der Waals surface area contributed by atoms with Gasteiger partial charge >= 0.3 is 0 Å². The second-order valence-electron chi connectivity index (χ2n) is 6.35. The SMILES string of the molecule is CC(CCc1ccco1)NC1CCC(C)c2ccccc21. The maximum Gasteiger partial charge on any atom is 0.103 e. The highest BCUT2D eigenvalue weighted by molar-refractivity contribution is 5.35. The molecule has 1 aromatic heterocycles. The third-order valence-corrected chi connectivity index (χ3v) is 4.68. The van der Waals surface area contributed by atoms with Crippen LogP contribution in [0.4, 0.5) is 0 Å². The van der Waals surface area contributed by atoms with Crippen LogP contribution in [0.15, 0.2) is 47.1 Å². The zero-order valence-electron chi connectivity index (χ0n) is 13.0. The minimum Gasteiger partial charge on any atom is -0.469 e. The van der Waals surface area contributed by atoms with Crippen molar-refractivity contribution in [3.05, 3.63) is 59.5 Å². The Bertz CT molecular complexity index is 561. The molecular formula is C19H25NO. The Morgan fingerprint density at radius 2 is 1.95 bits per heavy atom. The summed E-state index contributed by atoms with van der Waals surface area (Å²) in [5, 5.41) is 3.82. The molecule has 2 nitrogen and oxygen atoms in total. The van der Waals surface area contributed by atoms with Gasteiger partial charge in [0.15, 0.2) is 0 Å². The highest BCUT2D eigenvalue weighted by atomic mass is 16.3. The molecule has 0 saturated heterocycles. The lowest BCUT2D eigenvalue weighted by molar-refractivity contribution is 0.373. The number of benzene rings is 1. The summed E-state index contributed by atoms with van der Waals surface area (Å²) in [7, 11) is 0. The van der Waals surface area contributed by atoms with Crippen LogP contribution in [-0.4, -0.2) is 6.04 Å². The summed E-state index contributed by atoms with van der Waals surface area (Å²) in [6.07, 6.45) is 6.39. The number of nitrogens with one attached hydrogen (secondary N) is 1. The molecule has 2 heteroatoms. The van der Waals surface area contributed by atoms with E-state index >= 15 is 0 Å². The van der Waals surface area contributed by atoms with Gasteiger partial charge in [-0.1, -0.05) is 31.2 Å². The zero-order valence-corrected chi connectivity index (χ0v) is 13.0. The first kappa shape index (κ1) is 14.4. The van der Waals surface area contributed by atoms with Crippen molar-refractivity contribution in [1.29, 1.82) is 0 Å². The van der Waals surface area contributed by atoms with Crippen LogP contribution in [0.25, 0.3) is 0 Å². The van der Waals surface area contributed by atoms with Gasteiger partial charge < -0.3 is 9.73 Å². The summed E-state index contributed by atoms with van der Waals surface area (Å²) in [5.74, 6) is 1.78. The van der Waals surface area contributed by atoms with Crippen molar-refractivity contribution < 1.29 is 4.42 Å². The second-order valence-corrected chi connectivity index (χ2v) is 6.35. The molecule has 2 aromatic rings. The summed E-state index contributed by atoms with van der Waals surface area (Å²) in [5.41, 5.74) is 3.03. The van der Waals surface area contributed by atoms with Crippen LogP contribution in [0.5, 0.6) is 0 Å². The number of hydrogen-bond donors (Lipinski definition) is 1. The average molecular weight is 283 g/mol. The van der Waals surface area contributed by atoms with Crippen LogP contribution in [0.2, 0.25) is 0 Å². The van der Waals surface area contributed by atoms with Crippen molar-refractivity contribution >= 4 is 0 Å². The fraction of sp³-hybridized carbons (Fsp3) is 0.474. The van der Waals surface area contributed by atoms with E-state index in [1.807, 2.05) is 6.07 Å². The van der Waals surface area contributed by atoms with Crippen molar-refractivity contribution in [2.75, 3.05) is 0 Å². The lowest BCUT2D eigenvalue weighted by atomic mass is 9.81. The smallest absolute Gasteiger partial charge is 0.103 e. The molecule has 0 saturated carbocycles. The molecule has 0 aliphatic heterocycles. The molecule has 1 heterocycles. The minimum absolute atomic E-state index is 0.501. The Morgan fingerprint density at radius 3 is 2.71 bits per heavy atom. The Hall–Kier alpha value is -1.54. The third kappa shape index (κ3) is 3.38. The Labute approximate surface area is 127 Å². The van der Waals surface area contributed by atoms with Gasteiger partial charge in [0, 0.05) is 18.5 Å². The van der Waals surface area contributed by atoms with Crippen LogP contribution in [0, 0.1) is 0 Å². The number of aryl methyl sites for hydroxylation is 1. The van der Waals surface area contributed by atoms with Gasteiger partial charge in [-0.15, -0.1) is 0 Å². The largest absolute Gasteiger partial charge is 0.469 e. The van der Waals surface area contributed by atoms with E-state index in [0.717, 1.165) is 18.6 Å². The standard InChI is InChI=1S/C19H25NO/c1-14-9-12-19(18-8-4-3-7-17(14)18)20-15(2)10-11-16-6-5-13-21-16/h3-8,13-15,19-20H,9-12H2,1-2H3. The molecule has 0 amide bonds. The van der Waals surface area contributed by atoms with Gasteiger partial charge in [-0.25, -0.2) is 0 Å². The molecule has 21 heavy (non-hydrogen) atoms.